The van der Waals surface area contributed by atoms with E-state index >= 15 is 0 Å². The summed E-state index contributed by atoms with van der Waals surface area (Å²) in [6.07, 6.45) is 0.0621. The van der Waals surface area contributed by atoms with E-state index in [9.17, 15) is 18.7 Å². The molecule has 1 saturated heterocycles. The minimum atomic E-state index is -1.80. The van der Waals surface area contributed by atoms with Crippen molar-refractivity contribution in [1.82, 2.24) is 0 Å². The Hall–Kier alpha value is -2.15. The molecule has 3 rings (SSSR count). The third kappa shape index (κ3) is 3.20. The predicted octanol–water partition coefficient (Wildman–Crippen LogP) is 3.47. The minimum absolute atomic E-state index is 0.0621. The van der Waals surface area contributed by atoms with Crippen molar-refractivity contribution in [3.05, 3.63) is 71.3 Å². The van der Waals surface area contributed by atoms with Crippen LogP contribution in [0.15, 0.2) is 48.5 Å². The monoisotopic (exact) mass is 348 g/mol. The number of carbonyl (C=O) groups excluding carboxylic acids is 1. The maximum absolute atomic E-state index is 13.3. The second-order valence-corrected chi connectivity index (χ2v) is 6.43. The maximum Gasteiger partial charge on any atom is 0.206 e. The molecule has 1 aliphatic heterocycles. The molecule has 6 heteroatoms. The lowest BCUT2D eigenvalue weighted by Gasteiger charge is -2.45. The number of Topliss-reactive ketones (excluding diaryl/α,β-unsaturated/α-hetero) is 1. The molecule has 2 aromatic carbocycles. The van der Waals surface area contributed by atoms with Gasteiger partial charge in [0, 0.05) is 6.42 Å². The first-order valence-electron chi connectivity index (χ1n) is 7.86. The lowest BCUT2D eigenvalue weighted by Crippen LogP contribution is -2.53. The topological polar surface area (TPSA) is 55.8 Å². The third-order valence-corrected chi connectivity index (χ3v) is 4.60. The first kappa shape index (κ1) is 17.7. The van der Waals surface area contributed by atoms with E-state index in [0.29, 0.717) is 11.1 Å². The van der Waals surface area contributed by atoms with Crippen LogP contribution in [0.3, 0.4) is 0 Å². The van der Waals surface area contributed by atoms with E-state index in [1.807, 2.05) is 0 Å². The van der Waals surface area contributed by atoms with Gasteiger partial charge in [-0.2, -0.15) is 4.89 Å². The van der Waals surface area contributed by atoms with Gasteiger partial charge < -0.3 is 5.11 Å². The molecule has 0 aromatic heterocycles. The van der Waals surface area contributed by atoms with Gasteiger partial charge in [0.25, 0.3) is 0 Å². The van der Waals surface area contributed by atoms with Gasteiger partial charge in [0.05, 0.1) is 5.92 Å². The number of halogens is 2. The Balaban J connectivity index is 2.14. The van der Waals surface area contributed by atoms with Crippen LogP contribution in [0, 0.1) is 17.6 Å². The molecule has 1 N–H and O–H groups in total. The van der Waals surface area contributed by atoms with Crippen molar-refractivity contribution in [1.29, 1.82) is 0 Å². The summed E-state index contributed by atoms with van der Waals surface area (Å²) in [5.41, 5.74) is -0.218. The van der Waals surface area contributed by atoms with Gasteiger partial charge in [0.15, 0.2) is 5.60 Å². The summed E-state index contributed by atoms with van der Waals surface area (Å²) in [6, 6.07) is 11.1. The summed E-state index contributed by atoms with van der Waals surface area (Å²) in [4.78, 5) is 22.8. The van der Waals surface area contributed by atoms with Crippen molar-refractivity contribution in [3.63, 3.8) is 0 Å². The van der Waals surface area contributed by atoms with Crippen molar-refractivity contribution < 1.29 is 28.5 Å². The molecule has 4 nitrogen and oxygen atoms in total. The van der Waals surface area contributed by atoms with Gasteiger partial charge in [-0.3, -0.25) is 4.79 Å². The highest BCUT2D eigenvalue weighted by Gasteiger charge is 2.52. The molecule has 1 fully saturated rings. The van der Waals surface area contributed by atoms with Crippen molar-refractivity contribution in [3.8, 4) is 0 Å². The molecule has 1 aliphatic rings. The van der Waals surface area contributed by atoms with Crippen LogP contribution in [0.4, 0.5) is 8.78 Å². The van der Waals surface area contributed by atoms with Crippen LogP contribution in [0.25, 0.3) is 0 Å². The normalized spacial score (nSPS) is 25.6. The lowest BCUT2D eigenvalue weighted by atomic mass is 9.75. The summed E-state index contributed by atoms with van der Waals surface area (Å²) in [5.74, 6) is -3.80. The Bertz CT molecular complexity index is 724. The largest absolute Gasteiger partial charge is 0.363 e. The summed E-state index contributed by atoms with van der Waals surface area (Å²) in [5, 5.41) is 10.3. The molecule has 0 bridgehead atoms. The van der Waals surface area contributed by atoms with E-state index in [4.69, 9.17) is 9.78 Å². The fourth-order valence-electron chi connectivity index (χ4n) is 3.18. The van der Waals surface area contributed by atoms with E-state index in [2.05, 4.69) is 0 Å². The van der Waals surface area contributed by atoms with Crippen molar-refractivity contribution in [2.45, 2.75) is 31.7 Å². The molecule has 0 spiro atoms. The fourth-order valence-corrected chi connectivity index (χ4v) is 3.18. The molecule has 2 aromatic rings. The Labute approximate surface area is 143 Å². The highest BCUT2D eigenvalue weighted by molar-refractivity contribution is 5.79. The Morgan fingerprint density at radius 2 is 1.44 bits per heavy atom. The Morgan fingerprint density at radius 1 is 1.00 bits per heavy atom. The van der Waals surface area contributed by atoms with Crippen molar-refractivity contribution in [2.24, 2.45) is 5.92 Å². The van der Waals surface area contributed by atoms with Crippen LogP contribution in [0.2, 0.25) is 0 Å². The number of carbonyl (C=O) groups is 1. The van der Waals surface area contributed by atoms with E-state index < -0.39 is 28.9 Å². The second-order valence-electron chi connectivity index (χ2n) is 6.43. The van der Waals surface area contributed by atoms with Crippen molar-refractivity contribution >= 4 is 5.78 Å². The summed E-state index contributed by atoms with van der Waals surface area (Å²) >= 11 is 0. The quantitative estimate of drug-likeness (QED) is 0.863. The number of hydrogen-bond donors (Lipinski definition) is 1. The van der Waals surface area contributed by atoms with E-state index in [-0.39, 0.29) is 12.2 Å². The molecule has 0 saturated carbocycles. The zero-order valence-electron chi connectivity index (χ0n) is 13.8. The van der Waals surface area contributed by atoms with Crippen LogP contribution >= 0.6 is 0 Å². The van der Waals surface area contributed by atoms with E-state index in [1.165, 1.54) is 62.4 Å². The van der Waals surface area contributed by atoms with Gasteiger partial charge in [-0.25, -0.2) is 13.7 Å². The zero-order chi connectivity index (χ0) is 18.2. The van der Waals surface area contributed by atoms with E-state index in [0.717, 1.165) is 0 Å². The van der Waals surface area contributed by atoms with Gasteiger partial charge in [-0.05, 0) is 49.2 Å². The molecule has 132 valence electrons. The molecule has 0 aliphatic carbocycles. The van der Waals surface area contributed by atoms with Gasteiger partial charge in [-0.15, -0.1) is 0 Å². The number of rotatable bonds is 3. The number of ketones is 1. The number of aliphatic hydroxyl groups is 1. The molecular formula is C19H18F2O4. The smallest absolute Gasteiger partial charge is 0.206 e. The first-order valence-corrected chi connectivity index (χ1v) is 7.86. The van der Waals surface area contributed by atoms with Gasteiger partial charge in [0.1, 0.15) is 17.4 Å². The minimum Gasteiger partial charge on any atom is -0.363 e. The molecule has 25 heavy (non-hydrogen) atoms. The van der Waals surface area contributed by atoms with Crippen LogP contribution in [-0.4, -0.2) is 16.7 Å². The van der Waals surface area contributed by atoms with Crippen LogP contribution < -0.4 is 0 Å². The lowest BCUT2D eigenvalue weighted by molar-refractivity contribution is -0.487. The molecule has 1 heterocycles. The van der Waals surface area contributed by atoms with E-state index in [1.54, 1.807) is 0 Å². The summed E-state index contributed by atoms with van der Waals surface area (Å²) < 4.78 is 26.7. The van der Waals surface area contributed by atoms with Gasteiger partial charge in [0.2, 0.25) is 5.79 Å². The highest BCUT2D eigenvalue weighted by Crippen LogP contribution is 2.47. The Kier molecular flexibility index (Phi) is 4.45. The SMILES string of the molecule is CC(=O)C1CC(c2ccc(F)cc2)(c2ccc(F)cc2)OOC1(C)O. The van der Waals surface area contributed by atoms with Crippen LogP contribution in [0.5, 0.6) is 0 Å². The Morgan fingerprint density at radius 3 is 1.84 bits per heavy atom. The number of hydrogen-bond acceptors (Lipinski definition) is 4. The number of benzene rings is 2. The first-order chi connectivity index (χ1) is 11.7. The molecule has 2 unspecified atom stereocenters. The maximum atomic E-state index is 13.3. The fraction of sp³-hybridized carbons (Fsp3) is 0.316. The predicted molar refractivity (Wildman–Crippen MR) is 85.2 cm³/mol. The van der Waals surface area contributed by atoms with Crippen molar-refractivity contribution in [2.75, 3.05) is 0 Å². The second kappa shape index (κ2) is 6.29. The highest BCUT2D eigenvalue weighted by atomic mass is 19.1. The van der Waals surface area contributed by atoms with Crippen LogP contribution in [-0.2, 0) is 20.2 Å². The molecule has 0 amide bonds. The average molecular weight is 348 g/mol. The van der Waals surface area contributed by atoms with Gasteiger partial charge >= 0.3 is 0 Å². The molecule has 0 radical (unpaired) electrons. The zero-order valence-corrected chi connectivity index (χ0v) is 13.8. The standard InChI is InChI=1S/C19H18F2O4/c1-12(22)17-11-19(25-24-18(17,2)23,13-3-7-15(20)8-4-13)14-5-9-16(21)10-6-14/h3-10,17,23H,11H2,1-2H3. The molecule has 2 atom stereocenters. The van der Waals surface area contributed by atoms with Gasteiger partial charge in [-0.1, -0.05) is 24.3 Å². The molecular weight excluding hydrogens is 330 g/mol. The summed E-state index contributed by atoms with van der Waals surface area (Å²) in [6.45, 7) is 2.70. The van der Waals surface area contributed by atoms with Crippen LogP contribution in [0.1, 0.15) is 31.4 Å². The summed E-state index contributed by atoms with van der Waals surface area (Å²) in [7, 11) is 0. The average Bonchev–Trinajstić information content (AvgIpc) is 2.56. The third-order valence-electron chi connectivity index (χ3n) is 4.60.